The molecule has 6 rings (SSSR count). The summed E-state index contributed by atoms with van der Waals surface area (Å²) < 4.78 is 18.5. The first-order chi connectivity index (χ1) is 17.2. The van der Waals surface area contributed by atoms with Crippen LogP contribution >= 0.6 is 0 Å². The number of ether oxygens (including phenoxy) is 3. The molecule has 178 valence electrons. The fraction of sp³-hybridized carbons (Fsp3) is 0.280. The largest absolute Gasteiger partial charge is 0.495 e. The zero-order valence-corrected chi connectivity index (χ0v) is 19.2. The highest BCUT2D eigenvalue weighted by Gasteiger charge is 2.20. The predicted molar refractivity (Wildman–Crippen MR) is 130 cm³/mol. The molecule has 5 heterocycles. The third kappa shape index (κ3) is 4.12. The van der Waals surface area contributed by atoms with Crippen molar-refractivity contribution in [1.29, 1.82) is 0 Å². The average molecular weight is 473 g/mol. The fourth-order valence-electron chi connectivity index (χ4n) is 4.42. The number of fused-ring (bicyclic) bond motifs is 2. The van der Waals surface area contributed by atoms with Crippen LogP contribution in [0.3, 0.4) is 0 Å². The highest BCUT2D eigenvalue weighted by Crippen LogP contribution is 2.34. The maximum Gasteiger partial charge on any atom is 0.217 e. The summed E-state index contributed by atoms with van der Waals surface area (Å²) >= 11 is 0. The van der Waals surface area contributed by atoms with Crippen LogP contribution in [0.5, 0.6) is 11.6 Å². The Morgan fingerprint density at radius 2 is 2.03 bits per heavy atom. The first-order valence-corrected chi connectivity index (χ1v) is 11.4. The van der Waals surface area contributed by atoms with Gasteiger partial charge in [-0.25, -0.2) is 15.0 Å². The maximum atomic E-state index is 11.8. The van der Waals surface area contributed by atoms with Crippen LogP contribution < -0.4 is 19.7 Å². The number of carbonyl (C=O) groups is 1. The minimum Gasteiger partial charge on any atom is -0.495 e. The normalized spacial score (nSPS) is 15.6. The number of morpholine rings is 1. The number of hydrogen-bond donors (Lipinski definition) is 1. The molecule has 0 unspecified atom stereocenters. The summed E-state index contributed by atoms with van der Waals surface area (Å²) in [6.45, 7) is 3.13. The van der Waals surface area contributed by atoms with Crippen molar-refractivity contribution in [3.05, 3.63) is 54.6 Å². The van der Waals surface area contributed by atoms with E-state index in [0.29, 0.717) is 42.7 Å². The molecule has 0 bridgehead atoms. The first kappa shape index (κ1) is 21.4. The van der Waals surface area contributed by atoms with Crippen LogP contribution in [0.15, 0.2) is 49.1 Å². The molecule has 0 saturated carbocycles. The van der Waals surface area contributed by atoms with E-state index in [-0.39, 0.29) is 12.4 Å². The molecule has 0 aliphatic carbocycles. The van der Waals surface area contributed by atoms with E-state index in [1.165, 1.54) is 0 Å². The summed E-state index contributed by atoms with van der Waals surface area (Å²) in [5, 5.41) is 3.40. The molecule has 4 aromatic rings. The van der Waals surface area contributed by atoms with Gasteiger partial charge in [0, 0.05) is 67.2 Å². The molecule has 10 nitrogen and oxygen atoms in total. The second-order valence-electron chi connectivity index (χ2n) is 8.44. The zero-order chi connectivity index (χ0) is 23.8. The van der Waals surface area contributed by atoms with Gasteiger partial charge in [0.2, 0.25) is 5.88 Å². The standard InChI is InChI=1S/C25H24N6O4/c1-33-22-12-18(2-3-21(22)30-6-8-34-9-7-30)28-23-24-26-4-5-31(24)14-20(29-23)17-10-16-11-19(32)15-35-25(16)27-13-17/h2-5,10,12-14H,6-9,11,15H2,1H3,(H,28,29). The van der Waals surface area contributed by atoms with Crippen molar-refractivity contribution in [3.63, 3.8) is 0 Å². The molecule has 1 fully saturated rings. The van der Waals surface area contributed by atoms with Gasteiger partial charge in [0.25, 0.3) is 0 Å². The summed E-state index contributed by atoms with van der Waals surface area (Å²) in [6, 6.07) is 7.92. The molecular weight excluding hydrogens is 448 g/mol. The number of nitrogens with zero attached hydrogens (tertiary/aromatic N) is 5. The number of anilines is 3. The lowest BCUT2D eigenvalue weighted by Crippen LogP contribution is -2.36. The van der Waals surface area contributed by atoms with Crippen molar-refractivity contribution >= 4 is 28.6 Å². The number of Topliss-reactive ketones (excluding diaryl/α,β-unsaturated/α-hetero) is 1. The van der Waals surface area contributed by atoms with Gasteiger partial charge in [-0.3, -0.25) is 4.79 Å². The second-order valence-corrected chi connectivity index (χ2v) is 8.44. The first-order valence-electron chi connectivity index (χ1n) is 11.4. The third-order valence-electron chi connectivity index (χ3n) is 6.15. The lowest BCUT2D eigenvalue weighted by Gasteiger charge is -2.30. The number of rotatable bonds is 5. The van der Waals surface area contributed by atoms with E-state index in [1.807, 2.05) is 41.1 Å². The van der Waals surface area contributed by atoms with E-state index in [9.17, 15) is 4.79 Å². The molecule has 0 spiro atoms. The van der Waals surface area contributed by atoms with Crippen molar-refractivity contribution in [1.82, 2.24) is 19.4 Å². The summed E-state index contributed by atoms with van der Waals surface area (Å²) in [4.78, 5) is 27.8. The minimum atomic E-state index is 0.0336. The van der Waals surface area contributed by atoms with Crippen molar-refractivity contribution in [2.24, 2.45) is 0 Å². The monoisotopic (exact) mass is 472 g/mol. The number of methoxy groups -OCH3 is 1. The summed E-state index contributed by atoms with van der Waals surface area (Å²) in [6.07, 6.45) is 7.51. The third-order valence-corrected chi connectivity index (χ3v) is 6.15. The topological polar surface area (TPSA) is 103 Å². The number of imidazole rings is 1. The summed E-state index contributed by atoms with van der Waals surface area (Å²) in [5.74, 6) is 1.91. The van der Waals surface area contributed by atoms with E-state index < -0.39 is 0 Å². The molecule has 1 aromatic carbocycles. The molecule has 0 radical (unpaired) electrons. The van der Waals surface area contributed by atoms with Gasteiger partial charge in [0.15, 0.2) is 17.2 Å². The Bertz CT molecular complexity index is 1410. The summed E-state index contributed by atoms with van der Waals surface area (Å²) in [5.41, 5.74) is 4.81. The van der Waals surface area contributed by atoms with Crippen molar-refractivity contribution in [2.75, 3.05) is 50.2 Å². The zero-order valence-electron chi connectivity index (χ0n) is 19.2. The fourth-order valence-corrected chi connectivity index (χ4v) is 4.42. The Labute approximate surface area is 201 Å². The molecule has 2 aliphatic heterocycles. The number of ketones is 1. The van der Waals surface area contributed by atoms with Crippen LogP contribution in [-0.4, -0.2) is 65.2 Å². The molecule has 0 atom stereocenters. The van der Waals surface area contributed by atoms with E-state index in [4.69, 9.17) is 19.2 Å². The van der Waals surface area contributed by atoms with Gasteiger partial charge in [-0.15, -0.1) is 0 Å². The van der Waals surface area contributed by atoms with Gasteiger partial charge in [0.05, 0.1) is 31.7 Å². The molecule has 35 heavy (non-hydrogen) atoms. The number of nitrogens with one attached hydrogen (secondary N) is 1. The number of pyridine rings is 1. The molecular formula is C25H24N6O4. The Morgan fingerprint density at radius 1 is 1.14 bits per heavy atom. The van der Waals surface area contributed by atoms with Gasteiger partial charge < -0.3 is 28.8 Å². The van der Waals surface area contributed by atoms with Gasteiger partial charge in [0.1, 0.15) is 12.4 Å². The van der Waals surface area contributed by atoms with E-state index in [2.05, 4.69) is 20.2 Å². The minimum absolute atomic E-state index is 0.0336. The number of benzene rings is 1. The van der Waals surface area contributed by atoms with Crippen LogP contribution in [0, 0.1) is 0 Å². The Balaban J connectivity index is 1.35. The molecule has 3 aromatic heterocycles. The molecule has 2 aliphatic rings. The molecule has 1 N–H and O–H groups in total. The average Bonchev–Trinajstić information content (AvgIpc) is 3.38. The second kappa shape index (κ2) is 8.88. The van der Waals surface area contributed by atoms with Gasteiger partial charge >= 0.3 is 0 Å². The number of hydrogen-bond acceptors (Lipinski definition) is 9. The van der Waals surface area contributed by atoms with Gasteiger partial charge in [-0.05, 0) is 18.2 Å². The summed E-state index contributed by atoms with van der Waals surface area (Å²) in [7, 11) is 1.67. The van der Waals surface area contributed by atoms with Crippen molar-refractivity contribution < 1.29 is 19.0 Å². The molecule has 10 heteroatoms. The Morgan fingerprint density at radius 3 is 2.89 bits per heavy atom. The van der Waals surface area contributed by atoms with Gasteiger partial charge in [-0.2, -0.15) is 0 Å². The van der Waals surface area contributed by atoms with Crippen molar-refractivity contribution in [3.8, 4) is 22.9 Å². The quantitative estimate of drug-likeness (QED) is 0.470. The number of aromatic nitrogens is 4. The van der Waals surface area contributed by atoms with Crippen LogP contribution in [0.25, 0.3) is 16.9 Å². The SMILES string of the molecule is COc1cc(Nc2nc(-c3cnc4c(c3)CC(=O)CO4)cn3ccnc23)ccc1N1CCOCC1. The van der Waals surface area contributed by atoms with Crippen molar-refractivity contribution in [2.45, 2.75) is 6.42 Å². The van der Waals surface area contributed by atoms with Crippen LogP contribution in [0.1, 0.15) is 5.56 Å². The molecule has 1 saturated heterocycles. The highest BCUT2D eigenvalue weighted by atomic mass is 16.5. The van der Waals surface area contributed by atoms with Crippen LogP contribution in [-0.2, 0) is 16.0 Å². The lowest BCUT2D eigenvalue weighted by atomic mass is 10.1. The maximum absolute atomic E-state index is 11.8. The van der Waals surface area contributed by atoms with E-state index >= 15 is 0 Å². The number of carbonyl (C=O) groups excluding carboxylic acids is 1. The van der Waals surface area contributed by atoms with Gasteiger partial charge in [-0.1, -0.05) is 0 Å². The smallest absolute Gasteiger partial charge is 0.217 e. The molecule has 0 amide bonds. The van der Waals surface area contributed by atoms with E-state index in [1.54, 1.807) is 19.5 Å². The Hall–Kier alpha value is -4.18. The van der Waals surface area contributed by atoms with E-state index in [0.717, 1.165) is 41.3 Å². The van der Waals surface area contributed by atoms with Crippen LogP contribution in [0.2, 0.25) is 0 Å². The Kier molecular flexibility index (Phi) is 5.42. The predicted octanol–water partition coefficient (Wildman–Crippen LogP) is 2.88. The van der Waals surface area contributed by atoms with Crippen LogP contribution in [0.4, 0.5) is 17.2 Å². The highest BCUT2D eigenvalue weighted by molar-refractivity contribution is 5.85. The lowest BCUT2D eigenvalue weighted by molar-refractivity contribution is -0.121.